The van der Waals surface area contributed by atoms with Gasteiger partial charge < -0.3 is 15.2 Å². The van der Waals surface area contributed by atoms with E-state index in [0.29, 0.717) is 6.04 Å². The molecular formula is C14H26N2O2. The highest BCUT2D eigenvalue weighted by Gasteiger charge is 2.47. The molecule has 3 fully saturated rings. The minimum atomic E-state index is -0.304. The number of hydrogen-bond acceptors (Lipinski definition) is 4. The maximum Gasteiger partial charge on any atom is 0.170 e. The quantitative estimate of drug-likeness (QED) is 0.811. The molecule has 2 aliphatic heterocycles. The molecule has 0 aromatic heterocycles. The Balaban J connectivity index is 1.72. The van der Waals surface area contributed by atoms with Crippen LogP contribution in [-0.4, -0.2) is 48.6 Å². The van der Waals surface area contributed by atoms with Crippen molar-refractivity contribution in [3.8, 4) is 0 Å². The summed E-state index contributed by atoms with van der Waals surface area (Å²) in [6.45, 7) is 4.99. The maximum absolute atomic E-state index is 6.37. The first-order chi connectivity index (χ1) is 8.74. The molecule has 3 rings (SSSR count). The molecule has 4 nitrogen and oxygen atoms in total. The van der Waals surface area contributed by atoms with E-state index < -0.39 is 0 Å². The lowest BCUT2D eigenvalue weighted by molar-refractivity contribution is -0.192. The van der Waals surface area contributed by atoms with Crippen LogP contribution in [0.2, 0.25) is 0 Å². The Labute approximate surface area is 110 Å². The molecule has 104 valence electrons. The third-order valence-corrected chi connectivity index (χ3v) is 5.01. The topological polar surface area (TPSA) is 47.7 Å². The van der Waals surface area contributed by atoms with Gasteiger partial charge in [-0.15, -0.1) is 0 Å². The van der Waals surface area contributed by atoms with Crippen molar-refractivity contribution >= 4 is 0 Å². The van der Waals surface area contributed by atoms with E-state index in [1.807, 2.05) is 0 Å². The molecule has 2 heterocycles. The first-order valence-corrected chi connectivity index (χ1v) is 7.53. The molecule has 2 saturated heterocycles. The lowest BCUT2D eigenvalue weighted by Crippen LogP contribution is -2.57. The van der Waals surface area contributed by atoms with Crippen molar-refractivity contribution in [3.63, 3.8) is 0 Å². The molecule has 3 atom stereocenters. The zero-order chi connectivity index (χ0) is 12.6. The fourth-order valence-electron chi connectivity index (χ4n) is 4.01. The van der Waals surface area contributed by atoms with Gasteiger partial charge in [0.2, 0.25) is 0 Å². The normalized spacial score (nSPS) is 40.7. The Morgan fingerprint density at radius 3 is 2.78 bits per heavy atom. The van der Waals surface area contributed by atoms with Crippen LogP contribution in [-0.2, 0) is 9.47 Å². The zero-order valence-electron chi connectivity index (χ0n) is 11.4. The van der Waals surface area contributed by atoms with Gasteiger partial charge >= 0.3 is 0 Å². The molecule has 3 aliphatic rings. The molecule has 0 aromatic rings. The van der Waals surface area contributed by atoms with Crippen LogP contribution < -0.4 is 5.73 Å². The first kappa shape index (κ1) is 12.9. The van der Waals surface area contributed by atoms with Gasteiger partial charge in [0, 0.05) is 31.0 Å². The second-order valence-electron chi connectivity index (χ2n) is 6.02. The molecule has 4 heteroatoms. The van der Waals surface area contributed by atoms with E-state index in [4.69, 9.17) is 15.2 Å². The minimum Gasteiger partial charge on any atom is -0.347 e. The molecule has 0 aromatic carbocycles. The van der Waals surface area contributed by atoms with Crippen LogP contribution in [0.5, 0.6) is 0 Å². The van der Waals surface area contributed by atoms with Gasteiger partial charge in [-0.25, -0.2) is 0 Å². The number of nitrogens with two attached hydrogens (primary N) is 1. The number of rotatable bonds is 2. The van der Waals surface area contributed by atoms with Crippen molar-refractivity contribution < 1.29 is 9.47 Å². The third kappa shape index (κ3) is 2.20. The molecule has 1 saturated carbocycles. The van der Waals surface area contributed by atoms with E-state index >= 15 is 0 Å². The van der Waals surface area contributed by atoms with E-state index in [9.17, 15) is 0 Å². The van der Waals surface area contributed by atoms with E-state index in [1.54, 1.807) is 0 Å². The van der Waals surface area contributed by atoms with Crippen molar-refractivity contribution in [1.29, 1.82) is 0 Å². The van der Waals surface area contributed by atoms with Crippen LogP contribution in [0.25, 0.3) is 0 Å². The van der Waals surface area contributed by atoms with Crippen molar-refractivity contribution in [2.75, 3.05) is 19.8 Å². The maximum atomic E-state index is 6.37. The average Bonchev–Trinajstić information content (AvgIpc) is 3.02. The largest absolute Gasteiger partial charge is 0.347 e. The summed E-state index contributed by atoms with van der Waals surface area (Å²) in [6.07, 6.45) is 6.83. The van der Waals surface area contributed by atoms with Crippen LogP contribution in [0, 0.1) is 0 Å². The molecule has 3 unspecified atom stereocenters. The molecule has 1 spiro atoms. The highest BCUT2D eigenvalue weighted by molar-refractivity contribution is 4.98. The number of ether oxygens (including phenoxy) is 2. The van der Waals surface area contributed by atoms with E-state index in [2.05, 4.69) is 11.8 Å². The van der Waals surface area contributed by atoms with Gasteiger partial charge in [0.1, 0.15) is 0 Å². The smallest absolute Gasteiger partial charge is 0.170 e. The predicted octanol–water partition coefficient (Wildman–Crippen LogP) is 1.48. The van der Waals surface area contributed by atoms with Crippen LogP contribution in [0.15, 0.2) is 0 Å². The van der Waals surface area contributed by atoms with Crippen molar-refractivity contribution in [2.24, 2.45) is 5.73 Å². The number of hydrogen-bond donors (Lipinski definition) is 1. The van der Waals surface area contributed by atoms with Gasteiger partial charge in [0.05, 0.1) is 13.2 Å². The van der Waals surface area contributed by atoms with Gasteiger partial charge in [-0.2, -0.15) is 0 Å². The van der Waals surface area contributed by atoms with Crippen molar-refractivity contribution in [3.05, 3.63) is 0 Å². The average molecular weight is 254 g/mol. The minimum absolute atomic E-state index is 0.288. The first-order valence-electron chi connectivity index (χ1n) is 7.53. The van der Waals surface area contributed by atoms with E-state index in [1.165, 1.54) is 25.8 Å². The second kappa shape index (κ2) is 5.08. The molecule has 2 N–H and O–H groups in total. The van der Waals surface area contributed by atoms with Gasteiger partial charge in [0.15, 0.2) is 5.79 Å². The van der Waals surface area contributed by atoms with Crippen molar-refractivity contribution in [1.82, 2.24) is 4.90 Å². The van der Waals surface area contributed by atoms with Gasteiger partial charge in [-0.05, 0) is 32.2 Å². The summed E-state index contributed by atoms with van der Waals surface area (Å²) in [6, 6.07) is 1.46. The van der Waals surface area contributed by atoms with Crippen LogP contribution in [0.3, 0.4) is 0 Å². The molecule has 18 heavy (non-hydrogen) atoms. The van der Waals surface area contributed by atoms with Crippen LogP contribution >= 0.6 is 0 Å². The number of nitrogens with zero attached hydrogens (tertiary/aromatic N) is 1. The zero-order valence-corrected chi connectivity index (χ0v) is 11.4. The Bertz CT molecular complexity index is 292. The lowest BCUT2D eigenvalue weighted by atomic mass is 9.84. The summed E-state index contributed by atoms with van der Waals surface area (Å²) in [5.74, 6) is -0.304. The van der Waals surface area contributed by atoms with Crippen LogP contribution in [0.4, 0.5) is 0 Å². The fourth-order valence-corrected chi connectivity index (χ4v) is 4.01. The second-order valence-corrected chi connectivity index (χ2v) is 6.02. The molecule has 1 aliphatic carbocycles. The Hall–Kier alpha value is -0.160. The SMILES string of the molecule is CCC1CCCN1C1CC2(CCC1N)OCCO2. The Morgan fingerprint density at radius 2 is 2.06 bits per heavy atom. The predicted molar refractivity (Wildman–Crippen MR) is 70.3 cm³/mol. The standard InChI is InChI=1S/C14H26N2O2/c1-2-11-4-3-7-16(11)13-10-14(6-5-12(13)15)17-8-9-18-14/h11-13H,2-10,15H2,1H3. The van der Waals surface area contributed by atoms with Crippen molar-refractivity contribution in [2.45, 2.75) is 69.4 Å². The van der Waals surface area contributed by atoms with Gasteiger partial charge in [-0.3, -0.25) is 4.90 Å². The summed E-state index contributed by atoms with van der Waals surface area (Å²) in [5, 5.41) is 0. The molecule has 0 amide bonds. The molecule has 0 radical (unpaired) electrons. The number of likely N-dealkylation sites (tertiary alicyclic amines) is 1. The summed E-state index contributed by atoms with van der Waals surface area (Å²) < 4.78 is 11.8. The van der Waals surface area contributed by atoms with Crippen LogP contribution in [0.1, 0.15) is 45.4 Å². The summed E-state index contributed by atoms with van der Waals surface area (Å²) in [4.78, 5) is 2.64. The van der Waals surface area contributed by atoms with Gasteiger partial charge in [-0.1, -0.05) is 6.92 Å². The summed E-state index contributed by atoms with van der Waals surface area (Å²) in [7, 11) is 0. The Morgan fingerprint density at radius 1 is 1.28 bits per heavy atom. The highest BCUT2D eigenvalue weighted by Crippen LogP contribution is 2.39. The van der Waals surface area contributed by atoms with E-state index in [0.717, 1.165) is 38.5 Å². The summed E-state index contributed by atoms with van der Waals surface area (Å²) >= 11 is 0. The Kier molecular flexibility index (Phi) is 3.63. The molecule has 0 bridgehead atoms. The molecular weight excluding hydrogens is 228 g/mol. The monoisotopic (exact) mass is 254 g/mol. The lowest BCUT2D eigenvalue weighted by Gasteiger charge is -2.45. The van der Waals surface area contributed by atoms with Gasteiger partial charge in [0.25, 0.3) is 0 Å². The highest BCUT2D eigenvalue weighted by atomic mass is 16.7. The third-order valence-electron chi connectivity index (χ3n) is 5.01. The van der Waals surface area contributed by atoms with E-state index in [-0.39, 0.29) is 11.8 Å². The summed E-state index contributed by atoms with van der Waals surface area (Å²) in [5.41, 5.74) is 6.37. The fraction of sp³-hybridized carbons (Fsp3) is 1.00.